The number of aromatic nitrogens is 4. The van der Waals surface area contributed by atoms with Crippen molar-refractivity contribution in [3.8, 4) is 0 Å². The van der Waals surface area contributed by atoms with Gasteiger partial charge in [0, 0.05) is 13.2 Å². The van der Waals surface area contributed by atoms with Crippen molar-refractivity contribution >= 4 is 23.2 Å². The van der Waals surface area contributed by atoms with Gasteiger partial charge in [-0.3, -0.25) is 0 Å². The first kappa shape index (κ1) is 8.06. The van der Waals surface area contributed by atoms with Crippen LogP contribution in [0.15, 0.2) is 17.6 Å². The Balaban J connectivity index is 2.29. The summed E-state index contributed by atoms with van der Waals surface area (Å²) < 4.78 is 3.77. The lowest BCUT2D eigenvalue weighted by molar-refractivity contribution is 1.02. The summed E-state index contributed by atoms with van der Waals surface area (Å²) in [6, 6.07) is 1.79. The molecule has 0 spiro atoms. The fraction of sp³-hybridized carbons (Fsp3) is 0.143. The summed E-state index contributed by atoms with van der Waals surface area (Å²) in [7, 11) is 1.87. The average Bonchev–Trinajstić information content (AvgIpc) is 2.71. The molecule has 1 radical (unpaired) electrons. The highest BCUT2D eigenvalue weighted by Crippen LogP contribution is 2.17. The van der Waals surface area contributed by atoms with Crippen LogP contribution in [-0.2, 0) is 0 Å². The molecular weight excluding hydrogens is 186 g/mol. The molecule has 2 aromatic heterocycles. The maximum atomic E-state index is 3.96. The van der Waals surface area contributed by atoms with Gasteiger partial charge in [0.15, 0.2) is 12.1 Å². The molecule has 2 aromatic rings. The third-order valence-electron chi connectivity index (χ3n) is 1.56. The summed E-state index contributed by atoms with van der Waals surface area (Å²) in [4.78, 5) is 9.50. The molecule has 0 aromatic carbocycles. The molecule has 2 rings (SSSR count). The van der Waals surface area contributed by atoms with Crippen LogP contribution in [0.2, 0.25) is 0 Å². The molecule has 0 aliphatic rings. The number of hydrogen-bond acceptors (Lipinski definition) is 6. The number of nitrogens with zero attached hydrogens (tertiary/aromatic N) is 5. The molecule has 0 aliphatic heterocycles. The summed E-state index contributed by atoms with van der Waals surface area (Å²) in [5.74, 6) is 1.53. The normalized spacial score (nSPS) is 9.92. The van der Waals surface area contributed by atoms with Crippen LogP contribution < -0.4 is 4.90 Å². The third kappa shape index (κ3) is 1.62. The molecule has 0 aliphatic carbocycles. The second-order valence-corrected chi connectivity index (χ2v) is 2.95. The zero-order valence-electron chi connectivity index (χ0n) is 6.88. The molecule has 0 fully saturated rings. The predicted octanol–water partition coefficient (Wildman–Crippen LogP) is 0.896. The summed E-state index contributed by atoms with van der Waals surface area (Å²) >= 11 is 1.31. The Kier molecular flexibility index (Phi) is 2.13. The van der Waals surface area contributed by atoms with Gasteiger partial charge in [0.05, 0.1) is 5.38 Å². The Morgan fingerprint density at radius 3 is 3.00 bits per heavy atom. The maximum absolute atomic E-state index is 3.96. The van der Waals surface area contributed by atoms with Gasteiger partial charge in [0.1, 0.15) is 5.82 Å². The van der Waals surface area contributed by atoms with Gasteiger partial charge >= 0.3 is 0 Å². The van der Waals surface area contributed by atoms with E-state index in [4.69, 9.17) is 0 Å². The van der Waals surface area contributed by atoms with E-state index in [1.165, 1.54) is 11.5 Å². The quantitative estimate of drug-likeness (QED) is 0.707. The Morgan fingerprint density at radius 2 is 2.38 bits per heavy atom. The van der Waals surface area contributed by atoms with E-state index in [9.17, 15) is 0 Å². The smallest absolute Gasteiger partial charge is 0.199 e. The van der Waals surface area contributed by atoms with Gasteiger partial charge < -0.3 is 4.90 Å². The molecule has 5 nitrogen and oxygen atoms in total. The van der Waals surface area contributed by atoms with E-state index in [1.54, 1.807) is 12.3 Å². The van der Waals surface area contributed by atoms with E-state index in [0.29, 0.717) is 0 Å². The van der Waals surface area contributed by atoms with E-state index >= 15 is 0 Å². The molecule has 0 bridgehead atoms. The molecule has 0 unspecified atom stereocenters. The molecule has 65 valence electrons. The van der Waals surface area contributed by atoms with Crippen molar-refractivity contribution in [1.29, 1.82) is 0 Å². The van der Waals surface area contributed by atoms with Crippen LogP contribution in [0, 0.1) is 6.33 Å². The van der Waals surface area contributed by atoms with Crippen molar-refractivity contribution in [2.45, 2.75) is 0 Å². The minimum atomic E-state index is 0.752. The lowest BCUT2D eigenvalue weighted by Gasteiger charge is -2.12. The number of hydrogen-bond donors (Lipinski definition) is 0. The van der Waals surface area contributed by atoms with E-state index < -0.39 is 0 Å². The summed E-state index contributed by atoms with van der Waals surface area (Å²) in [6.45, 7) is 0. The average molecular weight is 192 g/mol. The van der Waals surface area contributed by atoms with Crippen molar-refractivity contribution in [3.05, 3.63) is 24.0 Å². The Hall–Kier alpha value is -1.56. The highest BCUT2D eigenvalue weighted by molar-refractivity contribution is 7.03. The number of rotatable bonds is 2. The molecule has 0 N–H and O–H groups in total. The van der Waals surface area contributed by atoms with Gasteiger partial charge in [0.2, 0.25) is 0 Å². The van der Waals surface area contributed by atoms with Gasteiger partial charge in [-0.2, -0.15) is 0 Å². The third-order valence-corrected chi connectivity index (χ3v) is 2.05. The summed E-state index contributed by atoms with van der Waals surface area (Å²) in [5, 5.41) is 5.76. The summed E-state index contributed by atoms with van der Waals surface area (Å²) in [6.07, 6.45) is 4.15. The van der Waals surface area contributed by atoms with Gasteiger partial charge in [-0.1, -0.05) is 4.49 Å². The predicted molar refractivity (Wildman–Crippen MR) is 48.8 cm³/mol. The van der Waals surface area contributed by atoms with Gasteiger partial charge in [-0.05, 0) is 17.6 Å². The molecule has 2 heterocycles. The molecule has 6 heteroatoms. The molecule has 13 heavy (non-hydrogen) atoms. The second kappa shape index (κ2) is 3.44. The van der Waals surface area contributed by atoms with Gasteiger partial charge in [0.25, 0.3) is 0 Å². The topological polar surface area (TPSA) is 54.8 Å². The van der Waals surface area contributed by atoms with Crippen molar-refractivity contribution in [3.63, 3.8) is 0 Å². The van der Waals surface area contributed by atoms with Crippen molar-refractivity contribution in [2.24, 2.45) is 0 Å². The van der Waals surface area contributed by atoms with Crippen LogP contribution in [0.4, 0.5) is 11.6 Å². The van der Waals surface area contributed by atoms with Gasteiger partial charge in [-0.15, -0.1) is 5.10 Å². The SMILES string of the molecule is CN(c1ccn[c]n1)c1csnn1. The van der Waals surface area contributed by atoms with Crippen LogP contribution in [0.5, 0.6) is 0 Å². The lowest BCUT2D eigenvalue weighted by atomic mass is 10.5. The van der Waals surface area contributed by atoms with Crippen LogP contribution in [0.25, 0.3) is 0 Å². The first-order chi connectivity index (χ1) is 6.38. The molecule has 0 saturated carbocycles. The highest BCUT2D eigenvalue weighted by Gasteiger charge is 2.06. The standard InChI is InChI=1S/C7H6N5S/c1-12(7-4-13-11-10-7)6-2-3-8-5-9-6/h2-4H,1H3. The van der Waals surface area contributed by atoms with Crippen molar-refractivity contribution < 1.29 is 0 Å². The molecule has 0 atom stereocenters. The first-order valence-corrected chi connectivity index (χ1v) is 4.41. The van der Waals surface area contributed by atoms with Crippen LogP contribution >= 0.6 is 11.5 Å². The zero-order valence-corrected chi connectivity index (χ0v) is 7.69. The maximum Gasteiger partial charge on any atom is 0.199 e. The number of anilines is 2. The van der Waals surface area contributed by atoms with E-state index in [1.807, 2.05) is 17.3 Å². The van der Waals surface area contributed by atoms with Gasteiger partial charge in [-0.25, -0.2) is 9.97 Å². The monoisotopic (exact) mass is 192 g/mol. The minimum Gasteiger partial charge on any atom is -0.312 e. The fourth-order valence-corrected chi connectivity index (χ4v) is 1.34. The van der Waals surface area contributed by atoms with E-state index in [-0.39, 0.29) is 0 Å². The second-order valence-electron chi connectivity index (χ2n) is 2.34. The van der Waals surface area contributed by atoms with Crippen LogP contribution in [-0.4, -0.2) is 26.6 Å². The molecule has 0 amide bonds. The summed E-state index contributed by atoms with van der Waals surface area (Å²) in [5.41, 5.74) is 0. The van der Waals surface area contributed by atoms with Crippen molar-refractivity contribution in [2.75, 3.05) is 11.9 Å². The van der Waals surface area contributed by atoms with Crippen molar-refractivity contribution in [1.82, 2.24) is 19.6 Å². The van der Waals surface area contributed by atoms with Crippen LogP contribution in [0.3, 0.4) is 0 Å². The fourth-order valence-electron chi connectivity index (χ4n) is 0.865. The molecule has 0 saturated heterocycles. The van der Waals surface area contributed by atoms with E-state index in [2.05, 4.69) is 25.9 Å². The Bertz CT molecular complexity index is 360. The Morgan fingerprint density at radius 1 is 1.46 bits per heavy atom. The van der Waals surface area contributed by atoms with Crippen LogP contribution in [0.1, 0.15) is 0 Å². The first-order valence-electron chi connectivity index (χ1n) is 3.58. The minimum absolute atomic E-state index is 0.752. The Labute approximate surface area is 79.2 Å². The zero-order chi connectivity index (χ0) is 9.10. The molecular formula is C7H6N5S. The highest BCUT2D eigenvalue weighted by atomic mass is 32.1. The van der Waals surface area contributed by atoms with E-state index in [0.717, 1.165) is 11.6 Å². The lowest BCUT2D eigenvalue weighted by Crippen LogP contribution is -2.11. The largest absolute Gasteiger partial charge is 0.312 e.